The van der Waals surface area contributed by atoms with Crippen LogP contribution in [-0.2, 0) is 0 Å². The molecule has 0 saturated heterocycles. The third kappa shape index (κ3) is 2.61. The molecule has 5 heteroatoms. The minimum absolute atomic E-state index is 0.324. The van der Waals surface area contributed by atoms with Crippen LogP contribution in [-0.4, -0.2) is 17.6 Å². The van der Waals surface area contributed by atoms with Gasteiger partial charge in [-0.2, -0.15) is 0 Å². The normalized spacial score (nSPS) is 14.1. The number of rotatable bonds is 3. The summed E-state index contributed by atoms with van der Waals surface area (Å²) in [5.41, 5.74) is 5.64. The van der Waals surface area contributed by atoms with E-state index in [1.165, 1.54) is 12.1 Å². The molecule has 1 rings (SSSR count). The Hall–Kier alpha value is -0.270. The monoisotopic (exact) mass is 313 g/mol. The highest BCUT2D eigenvalue weighted by molar-refractivity contribution is 14.1. The first-order chi connectivity index (χ1) is 6.47. The molecule has 0 spiro atoms. The fourth-order valence-corrected chi connectivity index (χ4v) is 1.37. The fourth-order valence-electron chi connectivity index (χ4n) is 1.01. The molecule has 0 bridgehead atoms. The maximum atomic E-state index is 13.0. The van der Waals surface area contributed by atoms with E-state index in [0.717, 1.165) is 3.57 Å². The number of halogens is 3. The minimum Gasteiger partial charge on any atom is -0.390 e. The van der Waals surface area contributed by atoms with Crippen LogP contribution >= 0.6 is 22.6 Å². The van der Waals surface area contributed by atoms with Gasteiger partial charge >= 0.3 is 0 Å². The lowest BCUT2D eigenvalue weighted by Gasteiger charge is -2.21. The number of hydrogen-bond acceptors (Lipinski definition) is 2. The second-order valence-electron chi connectivity index (χ2n) is 2.95. The predicted octanol–water partition coefficient (Wildman–Crippen LogP) is 1.92. The number of aliphatic hydroxyl groups is 1. The Bertz CT molecular complexity index is 302. The summed E-state index contributed by atoms with van der Waals surface area (Å²) in [7, 11) is 0. The van der Waals surface area contributed by atoms with Gasteiger partial charge in [-0.25, -0.2) is 8.78 Å². The van der Waals surface area contributed by atoms with Gasteiger partial charge in [0.2, 0.25) is 0 Å². The lowest BCUT2D eigenvalue weighted by atomic mass is 10.0. The molecule has 0 amide bonds. The molecular formula is C9H10F2INO. The largest absolute Gasteiger partial charge is 0.390 e. The Kier molecular flexibility index (Phi) is 3.79. The van der Waals surface area contributed by atoms with Crippen LogP contribution in [0.25, 0.3) is 0 Å². The van der Waals surface area contributed by atoms with Crippen molar-refractivity contribution in [2.24, 2.45) is 5.73 Å². The molecule has 1 atom stereocenters. The lowest BCUT2D eigenvalue weighted by molar-refractivity contribution is -0.0711. The summed E-state index contributed by atoms with van der Waals surface area (Å²) in [5.74, 6) is -3.27. The van der Waals surface area contributed by atoms with Gasteiger partial charge in [0.15, 0.2) is 0 Å². The Balaban J connectivity index is 2.89. The number of hydrogen-bond donors (Lipinski definition) is 2. The number of nitrogens with two attached hydrogens (primary N) is 1. The smallest absolute Gasteiger partial charge is 0.289 e. The van der Waals surface area contributed by atoms with Gasteiger partial charge in [0, 0.05) is 3.57 Å². The molecule has 1 aromatic carbocycles. The van der Waals surface area contributed by atoms with Crippen LogP contribution in [0.3, 0.4) is 0 Å². The molecule has 14 heavy (non-hydrogen) atoms. The highest BCUT2D eigenvalue weighted by Crippen LogP contribution is 2.28. The summed E-state index contributed by atoms with van der Waals surface area (Å²) in [6.07, 6.45) is 0. The van der Waals surface area contributed by atoms with Gasteiger partial charge in [-0.1, -0.05) is 12.1 Å². The van der Waals surface area contributed by atoms with E-state index in [1.54, 1.807) is 12.1 Å². The van der Waals surface area contributed by atoms with Crippen LogP contribution < -0.4 is 5.73 Å². The van der Waals surface area contributed by atoms with E-state index >= 15 is 0 Å². The van der Waals surface area contributed by atoms with Gasteiger partial charge in [-0.15, -0.1) is 0 Å². The second kappa shape index (κ2) is 4.50. The molecular weight excluding hydrogens is 303 g/mol. The first kappa shape index (κ1) is 11.8. The standard InChI is InChI=1S/C9H10F2INO/c10-9(11,5-14)8(13)6-1-3-7(12)4-2-6/h1-4,8,14H,5,13H2. The highest BCUT2D eigenvalue weighted by Gasteiger charge is 2.37. The molecule has 0 radical (unpaired) electrons. The van der Waals surface area contributed by atoms with Crippen LogP contribution in [0.2, 0.25) is 0 Å². The molecule has 0 aromatic heterocycles. The van der Waals surface area contributed by atoms with Crippen molar-refractivity contribution in [1.29, 1.82) is 0 Å². The first-order valence-corrected chi connectivity index (χ1v) is 5.05. The van der Waals surface area contributed by atoms with Crippen LogP contribution in [0.5, 0.6) is 0 Å². The van der Waals surface area contributed by atoms with Crippen LogP contribution in [0, 0.1) is 3.57 Å². The third-order valence-corrected chi connectivity index (χ3v) is 2.61. The van der Waals surface area contributed by atoms with Crippen molar-refractivity contribution < 1.29 is 13.9 Å². The zero-order chi connectivity index (χ0) is 10.8. The SMILES string of the molecule is NC(c1ccc(I)cc1)C(F)(F)CO. The summed E-state index contributed by atoms with van der Waals surface area (Å²) < 4.78 is 26.9. The maximum absolute atomic E-state index is 13.0. The zero-order valence-corrected chi connectivity index (χ0v) is 9.41. The van der Waals surface area contributed by atoms with Crippen molar-refractivity contribution in [3.8, 4) is 0 Å². The number of benzene rings is 1. The fraction of sp³-hybridized carbons (Fsp3) is 0.333. The van der Waals surface area contributed by atoms with E-state index in [-0.39, 0.29) is 0 Å². The van der Waals surface area contributed by atoms with Crippen LogP contribution in [0.15, 0.2) is 24.3 Å². The first-order valence-electron chi connectivity index (χ1n) is 3.97. The molecule has 0 saturated carbocycles. The second-order valence-corrected chi connectivity index (χ2v) is 4.19. The summed E-state index contributed by atoms with van der Waals surface area (Å²) >= 11 is 2.07. The Morgan fingerprint density at radius 3 is 2.29 bits per heavy atom. The molecule has 0 heterocycles. The van der Waals surface area contributed by atoms with Crippen molar-refractivity contribution >= 4 is 22.6 Å². The molecule has 0 fully saturated rings. The van der Waals surface area contributed by atoms with Crippen LogP contribution in [0.4, 0.5) is 8.78 Å². The van der Waals surface area contributed by atoms with E-state index in [2.05, 4.69) is 22.6 Å². The molecule has 3 N–H and O–H groups in total. The summed E-state index contributed by atoms with van der Waals surface area (Å²) in [6.45, 7) is -1.24. The van der Waals surface area contributed by atoms with Crippen molar-refractivity contribution in [2.45, 2.75) is 12.0 Å². The van der Waals surface area contributed by atoms with E-state index in [9.17, 15) is 8.78 Å². The molecule has 0 aliphatic rings. The van der Waals surface area contributed by atoms with Crippen molar-refractivity contribution in [2.75, 3.05) is 6.61 Å². The lowest BCUT2D eigenvalue weighted by Crippen LogP contribution is -2.36. The average molecular weight is 313 g/mol. The summed E-state index contributed by atoms with van der Waals surface area (Å²) in [5, 5.41) is 8.45. The minimum atomic E-state index is -3.27. The van der Waals surface area contributed by atoms with E-state index in [4.69, 9.17) is 10.8 Å². The highest BCUT2D eigenvalue weighted by atomic mass is 127. The van der Waals surface area contributed by atoms with Crippen molar-refractivity contribution in [1.82, 2.24) is 0 Å². The number of aliphatic hydroxyl groups excluding tert-OH is 1. The van der Waals surface area contributed by atoms with Gasteiger partial charge in [-0.3, -0.25) is 0 Å². The Labute approximate surface area is 94.3 Å². The third-order valence-electron chi connectivity index (χ3n) is 1.89. The van der Waals surface area contributed by atoms with Gasteiger partial charge in [0.1, 0.15) is 6.61 Å². The van der Waals surface area contributed by atoms with E-state index < -0.39 is 18.6 Å². The topological polar surface area (TPSA) is 46.2 Å². The van der Waals surface area contributed by atoms with E-state index in [0.29, 0.717) is 5.56 Å². The number of alkyl halides is 2. The summed E-state index contributed by atoms with van der Waals surface area (Å²) in [6, 6.07) is 5.02. The zero-order valence-electron chi connectivity index (χ0n) is 7.25. The quantitative estimate of drug-likeness (QED) is 0.838. The molecule has 0 aliphatic heterocycles. The molecule has 2 nitrogen and oxygen atoms in total. The van der Waals surface area contributed by atoms with Gasteiger partial charge in [0.05, 0.1) is 6.04 Å². The molecule has 78 valence electrons. The van der Waals surface area contributed by atoms with Crippen molar-refractivity contribution in [3.63, 3.8) is 0 Å². The predicted molar refractivity (Wildman–Crippen MR) is 58.1 cm³/mol. The Morgan fingerprint density at radius 1 is 1.36 bits per heavy atom. The molecule has 1 aromatic rings. The molecule has 0 aliphatic carbocycles. The van der Waals surface area contributed by atoms with Gasteiger partial charge in [0.25, 0.3) is 5.92 Å². The maximum Gasteiger partial charge on any atom is 0.289 e. The van der Waals surface area contributed by atoms with Gasteiger partial charge < -0.3 is 10.8 Å². The van der Waals surface area contributed by atoms with E-state index in [1.807, 2.05) is 0 Å². The summed E-state index contributed by atoms with van der Waals surface area (Å²) in [4.78, 5) is 0. The molecule has 1 unspecified atom stereocenters. The average Bonchev–Trinajstić information content (AvgIpc) is 2.18. The Morgan fingerprint density at radius 2 is 1.86 bits per heavy atom. The van der Waals surface area contributed by atoms with Gasteiger partial charge in [-0.05, 0) is 40.3 Å². The van der Waals surface area contributed by atoms with Crippen molar-refractivity contribution in [3.05, 3.63) is 33.4 Å². The van der Waals surface area contributed by atoms with Crippen LogP contribution in [0.1, 0.15) is 11.6 Å².